The van der Waals surface area contributed by atoms with E-state index in [-0.39, 0.29) is 6.10 Å². The highest BCUT2D eigenvalue weighted by Gasteiger charge is 2.39. The number of aliphatic hydroxyl groups is 1. The molecule has 1 aliphatic heterocycles. The molecule has 100 valence electrons. The van der Waals surface area contributed by atoms with E-state index in [4.69, 9.17) is 9.47 Å². The van der Waals surface area contributed by atoms with E-state index >= 15 is 0 Å². The Balaban J connectivity index is 1.93. The van der Waals surface area contributed by atoms with Crippen molar-refractivity contribution >= 4 is 0 Å². The molecule has 1 fully saturated rings. The van der Waals surface area contributed by atoms with Crippen molar-refractivity contribution in [2.45, 2.75) is 37.4 Å². The normalized spacial score (nSPS) is 28.2. The minimum Gasteiger partial charge on any atom is -0.385 e. The van der Waals surface area contributed by atoms with Gasteiger partial charge in [0, 0.05) is 13.7 Å². The SMILES string of the molecule is COC[C@]1(O)CCCO[C@@H]1CCc1ccccc1. The number of rotatable bonds is 5. The molecule has 0 bridgehead atoms. The van der Waals surface area contributed by atoms with Gasteiger partial charge >= 0.3 is 0 Å². The second-order valence-corrected chi connectivity index (χ2v) is 5.02. The molecule has 1 heterocycles. The van der Waals surface area contributed by atoms with Gasteiger partial charge in [0.05, 0.1) is 12.7 Å². The van der Waals surface area contributed by atoms with Gasteiger partial charge < -0.3 is 14.6 Å². The topological polar surface area (TPSA) is 38.7 Å². The molecular formula is C15H22O3. The van der Waals surface area contributed by atoms with Gasteiger partial charge in [-0.2, -0.15) is 0 Å². The largest absolute Gasteiger partial charge is 0.385 e. The third-order valence-corrected chi connectivity index (χ3v) is 3.60. The Morgan fingerprint density at radius 1 is 1.39 bits per heavy atom. The lowest BCUT2D eigenvalue weighted by Crippen LogP contribution is -2.51. The zero-order chi connectivity index (χ0) is 12.8. The molecule has 0 radical (unpaired) electrons. The van der Waals surface area contributed by atoms with Gasteiger partial charge in [0.15, 0.2) is 0 Å². The summed E-state index contributed by atoms with van der Waals surface area (Å²) in [6, 6.07) is 10.3. The highest BCUT2D eigenvalue weighted by atomic mass is 16.5. The van der Waals surface area contributed by atoms with Crippen LogP contribution in [0.1, 0.15) is 24.8 Å². The number of methoxy groups -OCH3 is 1. The van der Waals surface area contributed by atoms with Crippen LogP contribution in [0.4, 0.5) is 0 Å². The Bertz CT molecular complexity index is 348. The molecule has 0 saturated carbocycles. The molecule has 0 amide bonds. The average molecular weight is 250 g/mol. The lowest BCUT2D eigenvalue weighted by atomic mass is 9.86. The van der Waals surface area contributed by atoms with Crippen LogP contribution in [0.15, 0.2) is 30.3 Å². The number of hydrogen-bond donors (Lipinski definition) is 1. The van der Waals surface area contributed by atoms with Crippen LogP contribution < -0.4 is 0 Å². The monoisotopic (exact) mass is 250 g/mol. The summed E-state index contributed by atoms with van der Waals surface area (Å²) in [4.78, 5) is 0. The lowest BCUT2D eigenvalue weighted by molar-refractivity contribution is -0.170. The van der Waals surface area contributed by atoms with Gasteiger partial charge in [0.2, 0.25) is 0 Å². The standard InChI is InChI=1S/C15H22O3/c1-17-12-15(16)10-5-11-18-14(15)9-8-13-6-3-2-4-7-13/h2-4,6-7,14,16H,5,8-12H2,1H3/t14-,15-/m1/s1. The number of hydrogen-bond acceptors (Lipinski definition) is 3. The summed E-state index contributed by atoms with van der Waals surface area (Å²) in [5.74, 6) is 0. The van der Waals surface area contributed by atoms with Crippen LogP contribution in [0, 0.1) is 0 Å². The van der Waals surface area contributed by atoms with Gasteiger partial charge in [-0.1, -0.05) is 30.3 Å². The van der Waals surface area contributed by atoms with Gasteiger partial charge in [0.1, 0.15) is 5.60 Å². The summed E-state index contributed by atoms with van der Waals surface area (Å²) in [6.07, 6.45) is 3.31. The lowest BCUT2D eigenvalue weighted by Gasteiger charge is -2.39. The minimum absolute atomic E-state index is 0.119. The zero-order valence-corrected chi connectivity index (χ0v) is 11.0. The van der Waals surface area contributed by atoms with E-state index in [0.29, 0.717) is 6.61 Å². The molecule has 1 aliphatic rings. The fraction of sp³-hybridized carbons (Fsp3) is 0.600. The number of benzene rings is 1. The van der Waals surface area contributed by atoms with Crippen LogP contribution in [0.2, 0.25) is 0 Å². The zero-order valence-electron chi connectivity index (χ0n) is 11.0. The fourth-order valence-electron chi connectivity index (χ4n) is 2.63. The van der Waals surface area contributed by atoms with E-state index < -0.39 is 5.60 Å². The van der Waals surface area contributed by atoms with Gasteiger partial charge in [-0.05, 0) is 31.2 Å². The van der Waals surface area contributed by atoms with Crippen LogP contribution in [0.5, 0.6) is 0 Å². The maximum atomic E-state index is 10.6. The van der Waals surface area contributed by atoms with E-state index in [1.165, 1.54) is 5.56 Å². The predicted molar refractivity (Wildman–Crippen MR) is 70.6 cm³/mol. The van der Waals surface area contributed by atoms with Gasteiger partial charge in [-0.15, -0.1) is 0 Å². The molecule has 0 unspecified atom stereocenters. The van der Waals surface area contributed by atoms with E-state index in [2.05, 4.69) is 12.1 Å². The molecular weight excluding hydrogens is 228 g/mol. The third kappa shape index (κ3) is 3.31. The summed E-state index contributed by atoms with van der Waals surface area (Å²) in [6.45, 7) is 1.10. The minimum atomic E-state index is -0.818. The van der Waals surface area contributed by atoms with Crippen LogP contribution in [0.3, 0.4) is 0 Å². The molecule has 1 aromatic rings. The van der Waals surface area contributed by atoms with Crippen molar-refractivity contribution < 1.29 is 14.6 Å². The maximum Gasteiger partial charge on any atom is 0.114 e. The summed E-state index contributed by atoms with van der Waals surface area (Å²) in [5, 5.41) is 10.6. The van der Waals surface area contributed by atoms with Crippen LogP contribution in [-0.2, 0) is 15.9 Å². The predicted octanol–water partition coefficient (Wildman–Crippen LogP) is 2.18. The van der Waals surface area contributed by atoms with Crippen molar-refractivity contribution in [1.82, 2.24) is 0 Å². The first-order valence-corrected chi connectivity index (χ1v) is 6.61. The van der Waals surface area contributed by atoms with E-state index in [0.717, 1.165) is 32.3 Å². The first-order chi connectivity index (χ1) is 8.74. The molecule has 1 saturated heterocycles. The average Bonchev–Trinajstić information content (AvgIpc) is 2.39. The smallest absolute Gasteiger partial charge is 0.114 e. The molecule has 2 atom stereocenters. The van der Waals surface area contributed by atoms with Crippen molar-refractivity contribution in [2.24, 2.45) is 0 Å². The summed E-state index contributed by atoms with van der Waals surface area (Å²) in [7, 11) is 1.63. The quantitative estimate of drug-likeness (QED) is 0.870. The van der Waals surface area contributed by atoms with Crippen molar-refractivity contribution in [3.05, 3.63) is 35.9 Å². The van der Waals surface area contributed by atoms with Crippen molar-refractivity contribution in [3.8, 4) is 0 Å². The highest BCUT2D eigenvalue weighted by Crippen LogP contribution is 2.29. The van der Waals surface area contributed by atoms with Crippen LogP contribution >= 0.6 is 0 Å². The fourth-order valence-corrected chi connectivity index (χ4v) is 2.63. The van der Waals surface area contributed by atoms with Crippen LogP contribution in [-0.4, -0.2) is 37.1 Å². The Labute approximate surface area is 109 Å². The Kier molecular flexibility index (Phi) is 4.75. The molecule has 1 aromatic carbocycles. The number of aryl methyl sites for hydroxylation is 1. The van der Waals surface area contributed by atoms with Crippen LogP contribution in [0.25, 0.3) is 0 Å². The molecule has 3 nitrogen and oxygen atoms in total. The summed E-state index contributed by atoms with van der Waals surface area (Å²) in [5.41, 5.74) is 0.466. The molecule has 0 aromatic heterocycles. The Morgan fingerprint density at radius 2 is 2.17 bits per heavy atom. The van der Waals surface area contributed by atoms with Crippen molar-refractivity contribution in [1.29, 1.82) is 0 Å². The number of ether oxygens (including phenoxy) is 2. The second-order valence-electron chi connectivity index (χ2n) is 5.02. The second kappa shape index (κ2) is 6.32. The van der Waals surface area contributed by atoms with Gasteiger partial charge in [-0.25, -0.2) is 0 Å². The summed E-state index contributed by atoms with van der Waals surface area (Å²) < 4.78 is 10.9. The Morgan fingerprint density at radius 3 is 2.89 bits per heavy atom. The Hall–Kier alpha value is -0.900. The maximum absolute atomic E-state index is 10.6. The van der Waals surface area contributed by atoms with Gasteiger partial charge in [-0.3, -0.25) is 0 Å². The molecule has 3 heteroatoms. The first-order valence-electron chi connectivity index (χ1n) is 6.61. The summed E-state index contributed by atoms with van der Waals surface area (Å²) >= 11 is 0. The molecule has 2 rings (SSSR count). The molecule has 18 heavy (non-hydrogen) atoms. The van der Waals surface area contributed by atoms with Gasteiger partial charge in [0.25, 0.3) is 0 Å². The first kappa shape index (κ1) is 13.5. The van der Waals surface area contributed by atoms with Crippen molar-refractivity contribution in [2.75, 3.05) is 20.3 Å². The molecule has 0 aliphatic carbocycles. The molecule has 0 spiro atoms. The molecule has 1 N–H and O–H groups in total. The van der Waals surface area contributed by atoms with E-state index in [1.54, 1.807) is 7.11 Å². The van der Waals surface area contributed by atoms with E-state index in [9.17, 15) is 5.11 Å². The van der Waals surface area contributed by atoms with Crippen molar-refractivity contribution in [3.63, 3.8) is 0 Å². The highest BCUT2D eigenvalue weighted by molar-refractivity contribution is 5.15. The third-order valence-electron chi connectivity index (χ3n) is 3.60. The van der Waals surface area contributed by atoms with E-state index in [1.807, 2.05) is 18.2 Å².